The summed E-state index contributed by atoms with van der Waals surface area (Å²) in [6.07, 6.45) is 2.64. The van der Waals surface area contributed by atoms with E-state index in [1.807, 2.05) is 0 Å². The molecule has 6 heteroatoms. The summed E-state index contributed by atoms with van der Waals surface area (Å²) in [6.45, 7) is 3.74. The molecule has 0 amide bonds. The van der Waals surface area contributed by atoms with Crippen LogP contribution in [0.5, 0.6) is 0 Å². The smallest absolute Gasteiger partial charge is 0.269 e. The molecule has 1 saturated carbocycles. The van der Waals surface area contributed by atoms with E-state index in [0.717, 1.165) is 37.9 Å². The number of aliphatic hydroxyl groups is 1. The fraction of sp³-hybridized carbons (Fsp3) is 0.571. The fourth-order valence-corrected chi connectivity index (χ4v) is 2.89. The molecule has 3 rings (SSSR count). The van der Waals surface area contributed by atoms with Gasteiger partial charge < -0.3 is 10.0 Å². The van der Waals surface area contributed by atoms with Crippen molar-refractivity contribution in [3.8, 4) is 0 Å². The first-order chi connectivity index (χ1) is 9.69. The van der Waals surface area contributed by atoms with E-state index in [0.29, 0.717) is 5.56 Å². The summed E-state index contributed by atoms with van der Waals surface area (Å²) in [6, 6.07) is 5.53. The van der Waals surface area contributed by atoms with E-state index in [1.54, 1.807) is 6.07 Å². The lowest BCUT2D eigenvalue weighted by Crippen LogP contribution is -2.47. The molecule has 1 aromatic rings. The molecule has 1 aliphatic carbocycles. The van der Waals surface area contributed by atoms with Gasteiger partial charge in [0.25, 0.3) is 5.69 Å². The van der Waals surface area contributed by atoms with Gasteiger partial charge in [-0.3, -0.25) is 15.0 Å². The minimum atomic E-state index is -0.423. The van der Waals surface area contributed by atoms with E-state index in [2.05, 4.69) is 9.80 Å². The molecule has 20 heavy (non-hydrogen) atoms. The molecule has 0 bridgehead atoms. The van der Waals surface area contributed by atoms with Gasteiger partial charge >= 0.3 is 0 Å². The average Bonchev–Trinajstić information content (AvgIpc) is 3.31. The number of non-ortho nitro benzene ring substituents is 1. The molecule has 1 N–H and O–H groups in total. The molecule has 0 atom stereocenters. The zero-order valence-corrected chi connectivity index (χ0v) is 11.4. The Hall–Kier alpha value is -1.66. The number of nitrogens with zero attached hydrogens (tertiary/aromatic N) is 3. The maximum Gasteiger partial charge on any atom is 0.269 e. The number of hydrogen-bond acceptors (Lipinski definition) is 5. The molecule has 6 nitrogen and oxygen atoms in total. The molecule has 1 saturated heterocycles. The van der Waals surface area contributed by atoms with Gasteiger partial charge in [0.2, 0.25) is 0 Å². The summed E-state index contributed by atoms with van der Waals surface area (Å²) in [4.78, 5) is 15.1. The monoisotopic (exact) mass is 277 g/mol. The van der Waals surface area contributed by atoms with Crippen LogP contribution in [0.2, 0.25) is 0 Å². The van der Waals surface area contributed by atoms with E-state index < -0.39 is 4.92 Å². The van der Waals surface area contributed by atoms with Crippen LogP contribution in [0.4, 0.5) is 11.4 Å². The van der Waals surface area contributed by atoms with E-state index in [4.69, 9.17) is 0 Å². The lowest BCUT2D eigenvalue weighted by molar-refractivity contribution is -0.384. The van der Waals surface area contributed by atoms with Crippen LogP contribution in [0.3, 0.4) is 0 Å². The van der Waals surface area contributed by atoms with Crippen molar-refractivity contribution in [2.75, 3.05) is 31.1 Å². The Morgan fingerprint density at radius 1 is 1.25 bits per heavy atom. The maximum absolute atomic E-state index is 10.8. The Labute approximate surface area is 117 Å². The molecule has 2 fully saturated rings. The predicted octanol–water partition coefficient (Wildman–Crippen LogP) is 1.37. The lowest BCUT2D eigenvalue weighted by atomic mass is 10.1. The summed E-state index contributed by atoms with van der Waals surface area (Å²) in [5.41, 5.74) is 1.60. The van der Waals surface area contributed by atoms with Gasteiger partial charge in [0.1, 0.15) is 0 Å². The van der Waals surface area contributed by atoms with Crippen LogP contribution in [-0.4, -0.2) is 47.2 Å². The number of nitro groups is 1. The summed E-state index contributed by atoms with van der Waals surface area (Å²) < 4.78 is 0. The summed E-state index contributed by atoms with van der Waals surface area (Å²) in [5.74, 6) is 0. The highest BCUT2D eigenvalue weighted by atomic mass is 16.6. The second-order valence-corrected chi connectivity index (χ2v) is 5.48. The molecule has 1 aliphatic heterocycles. The Morgan fingerprint density at radius 2 is 1.95 bits per heavy atom. The highest BCUT2D eigenvalue weighted by Gasteiger charge is 2.31. The first-order valence-corrected chi connectivity index (χ1v) is 7.06. The summed E-state index contributed by atoms with van der Waals surface area (Å²) in [5, 5.41) is 20.2. The van der Waals surface area contributed by atoms with Crippen molar-refractivity contribution in [2.45, 2.75) is 25.5 Å². The van der Waals surface area contributed by atoms with Crippen LogP contribution >= 0.6 is 0 Å². The first kappa shape index (κ1) is 13.3. The number of nitro benzene ring substituents is 1. The average molecular weight is 277 g/mol. The molecular formula is C14H19N3O3. The first-order valence-electron chi connectivity index (χ1n) is 7.06. The Morgan fingerprint density at radius 3 is 2.50 bits per heavy atom. The SMILES string of the molecule is O=[N+]([O-])c1ccc(N2CCN(C3CC3)CC2)c(CO)c1. The number of anilines is 1. The summed E-state index contributed by atoms with van der Waals surface area (Å²) in [7, 11) is 0. The minimum absolute atomic E-state index is 0.0365. The van der Waals surface area contributed by atoms with Gasteiger partial charge in [0.05, 0.1) is 11.5 Å². The normalized spacial score (nSPS) is 20.1. The van der Waals surface area contributed by atoms with Crippen LogP contribution in [-0.2, 0) is 6.61 Å². The van der Waals surface area contributed by atoms with Crippen molar-refractivity contribution >= 4 is 11.4 Å². The highest BCUT2D eigenvalue weighted by molar-refractivity contribution is 5.58. The zero-order valence-electron chi connectivity index (χ0n) is 11.4. The van der Waals surface area contributed by atoms with Crippen LogP contribution < -0.4 is 4.90 Å². The molecule has 1 aromatic carbocycles. The van der Waals surface area contributed by atoms with E-state index in [-0.39, 0.29) is 12.3 Å². The van der Waals surface area contributed by atoms with Gasteiger partial charge in [-0.05, 0) is 18.9 Å². The molecule has 2 aliphatic rings. The van der Waals surface area contributed by atoms with Gasteiger partial charge in [-0.15, -0.1) is 0 Å². The number of aliphatic hydroxyl groups excluding tert-OH is 1. The Balaban J connectivity index is 1.74. The van der Waals surface area contributed by atoms with E-state index in [1.165, 1.54) is 25.0 Å². The van der Waals surface area contributed by atoms with E-state index >= 15 is 0 Å². The molecular weight excluding hydrogens is 258 g/mol. The van der Waals surface area contributed by atoms with Gasteiger partial charge in [0, 0.05) is 55.6 Å². The van der Waals surface area contributed by atoms with Crippen LogP contribution in [0.1, 0.15) is 18.4 Å². The van der Waals surface area contributed by atoms with Crippen molar-refractivity contribution in [3.63, 3.8) is 0 Å². The third-order valence-electron chi connectivity index (χ3n) is 4.16. The van der Waals surface area contributed by atoms with Crippen LogP contribution in [0.15, 0.2) is 18.2 Å². The molecule has 108 valence electrons. The number of piperazine rings is 1. The van der Waals surface area contributed by atoms with Gasteiger partial charge in [-0.1, -0.05) is 0 Å². The van der Waals surface area contributed by atoms with E-state index in [9.17, 15) is 15.2 Å². The Bertz CT molecular complexity index is 508. The van der Waals surface area contributed by atoms with Gasteiger partial charge in [-0.25, -0.2) is 0 Å². The van der Waals surface area contributed by atoms with Gasteiger partial charge in [-0.2, -0.15) is 0 Å². The molecule has 0 aromatic heterocycles. The highest BCUT2D eigenvalue weighted by Crippen LogP contribution is 2.30. The van der Waals surface area contributed by atoms with Crippen molar-refractivity contribution in [1.29, 1.82) is 0 Å². The summed E-state index contributed by atoms with van der Waals surface area (Å²) >= 11 is 0. The van der Waals surface area contributed by atoms with Crippen molar-refractivity contribution in [1.82, 2.24) is 4.90 Å². The standard InChI is InChI=1S/C14H19N3O3/c18-10-11-9-13(17(19)20)3-4-14(11)16-7-5-15(6-8-16)12-1-2-12/h3-4,9,12,18H,1-2,5-8,10H2. The minimum Gasteiger partial charge on any atom is -0.392 e. The predicted molar refractivity (Wildman–Crippen MR) is 75.8 cm³/mol. The third kappa shape index (κ3) is 2.62. The zero-order chi connectivity index (χ0) is 14.1. The van der Waals surface area contributed by atoms with Crippen LogP contribution in [0.25, 0.3) is 0 Å². The third-order valence-corrected chi connectivity index (χ3v) is 4.16. The number of hydrogen-bond donors (Lipinski definition) is 1. The topological polar surface area (TPSA) is 69.9 Å². The number of benzene rings is 1. The second kappa shape index (κ2) is 5.38. The lowest BCUT2D eigenvalue weighted by Gasteiger charge is -2.37. The van der Waals surface area contributed by atoms with Crippen molar-refractivity contribution in [2.24, 2.45) is 0 Å². The molecule has 0 radical (unpaired) electrons. The van der Waals surface area contributed by atoms with Gasteiger partial charge in [0.15, 0.2) is 0 Å². The van der Waals surface area contributed by atoms with Crippen LogP contribution in [0, 0.1) is 10.1 Å². The largest absolute Gasteiger partial charge is 0.392 e. The fourth-order valence-electron chi connectivity index (χ4n) is 2.89. The quantitative estimate of drug-likeness (QED) is 0.665. The molecule has 0 spiro atoms. The van der Waals surface area contributed by atoms with Crippen molar-refractivity contribution in [3.05, 3.63) is 33.9 Å². The van der Waals surface area contributed by atoms with Crippen molar-refractivity contribution < 1.29 is 10.0 Å². The Kier molecular flexibility index (Phi) is 3.58. The number of rotatable bonds is 4. The molecule has 0 unspecified atom stereocenters. The second-order valence-electron chi connectivity index (χ2n) is 5.48. The maximum atomic E-state index is 10.8. The molecule has 1 heterocycles.